The van der Waals surface area contributed by atoms with Crippen molar-refractivity contribution in [3.8, 4) is 0 Å². The van der Waals surface area contributed by atoms with E-state index in [1.165, 1.54) is 12.1 Å². The molecule has 1 fully saturated rings. The molecule has 0 radical (unpaired) electrons. The fourth-order valence-electron chi connectivity index (χ4n) is 2.61. The summed E-state index contributed by atoms with van der Waals surface area (Å²) in [5, 5.41) is 3.08. The van der Waals surface area contributed by atoms with Crippen molar-refractivity contribution in [2.45, 2.75) is 25.1 Å². The van der Waals surface area contributed by atoms with Crippen LogP contribution >= 0.6 is 36.4 Å². The van der Waals surface area contributed by atoms with E-state index in [1.807, 2.05) is 4.90 Å². The van der Waals surface area contributed by atoms with E-state index in [0.29, 0.717) is 26.2 Å². The first-order valence-corrected chi connectivity index (χ1v) is 7.22. The Morgan fingerprint density at radius 2 is 1.78 bits per heavy atom. The molecule has 1 heterocycles. The van der Waals surface area contributed by atoms with Crippen molar-refractivity contribution in [3.63, 3.8) is 0 Å². The molecule has 2 rings (SSSR count). The van der Waals surface area contributed by atoms with E-state index in [2.05, 4.69) is 5.32 Å². The number of nitrogens with one attached hydrogen (secondary N) is 1. The first kappa shape index (κ1) is 22.7. The molecule has 134 valence electrons. The second-order valence-electron chi connectivity index (χ2n) is 5.10. The van der Waals surface area contributed by atoms with Gasteiger partial charge in [0.25, 0.3) is 0 Å². The Morgan fingerprint density at radius 1 is 1.17 bits per heavy atom. The molecule has 0 saturated carbocycles. The molecule has 0 unspecified atom stereocenters. The summed E-state index contributed by atoms with van der Waals surface area (Å²) in [6, 6.07) is 3.89. The molecule has 1 atom stereocenters. The van der Waals surface area contributed by atoms with Gasteiger partial charge in [0.15, 0.2) is 0 Å². The van der Waals surface area contributed by atoms with Crippen LogP contribution in [0.2, 0.25) is 5.02 Å². The van der Waals surface area contributed by atoms with Crippen molar-refractivity contribution in [3.05, 3.63) is 34.6 Å². The molecular formula is C14H19Cl3F4N2. The van der Waals surface area contributed by atoms with Crippen LogP contribution in [0.4, 0.5) is 17.6 Å². The Bertz CT molecular complexity index is 480. The molecule has 0 aromatic heterocycles. The molecule has 23 heavy (non-hydrogen) atoms. The van der Waals surface area contributed by atoms with Crippen LogP contribution in [0, 0.1) is 5.82 Å². The lowest BCUT2D eigenvalue weighted by molar-refractivity contribution is -0.138. The van der Waals surface area contributed by atoms with Crippen molar-refractivity contribution < 1.29 is 17.6 Å². The maximum atomic E-state index is 14.2. The molecule has 1 aliphatic heterocycles. The van der Waals surface area contributed by atoms with Crippen LogP contribution in [-0.2, 0) is 0 Å². The third kappa shape index (κ3) is 6.63. The van der Waals surface area contributed by atoms with Gasteiger partial charge in [0, 0.05) is 44.2 Å². The van der Waals surface area contributed by atoms with Crippen LogP contribution in [-0.4, -0.2) is 37.3 Å². The lowest BCUT2D eigenvalue weighted by Gasteiger charge is -2.35. The molecule has 9 heteroatoms. The summed E-state index contributed by atoms with van der Waals surface area (Å²) in [5.74, 6) is -0.620. The largest absolute Gasteiger partial charge is 0.389 e. The topological polar surface area (TPSA) is 15.3 Å². The lowest BCUT2D eigenvalue weighted by atomic mass is 9.98. The van der Waals surface area contributed by atoms with E-state index in [9.17, 15) is 17.6 Å². The summed E-state index contributed by atoms with van der Waals surface area (Å²) >= 11 is 5.76. The number of hydrogen-bond donors (Lipinski definition) is 1. The maximum absolute atomic E-state index is 14.2. The molecule has 2 nitrogen and oxygen atoms in total. The van der Waals surface area contributed by atoms with Crippen LogP contribution in [0.15, 0.2) is 18.2 Å². The summed E-state index contributed by atoms with van der Waals surface area (Å²) in [7, 11) is 0. The van der Waals surface area contributed by atoms with Gasteiger partial charge in [-0.3, -0.25) is 4.90 Å². The number of rotatable bonds is 4. The zero-order valence-electron chi connectivity index (χ0n) is 12.2. The van der Waals surface area contributed by atoms with Gasteiger partial charge in [-0.1, -0.05) is 23.7 Å². The molecule has 0 aliphatic carbocycles. The summed E-state index contributed by atoms with van der Waals surface area (Å²) < 4.78 is 51.8. The van der Waals surface area contributed by atoms with Crippen molar-refractivity contribution in [1.82, 2.24) is 10.2 Å². The molecular weight excluding hydrogens is 379 g/mol. The molecule has 1 N–H and O–H groups in total. The summed E-state index contributed by atoms with van der Waals surface area (Å²) in [4.78, 5) is 1.89. The minimum absolute atomic E-state index is 0. The Hall–Kier alpha value is -0.270. The lowest BCUT2D eigenvalue weighted by Crippen LogP contribution is -2.45. The average Bonchev–Trinajstić information content (AvgIpc) is 2.43. The number of alkyl halides is 3. The Morgan fingerprint density at radius 3 is 2.35 bits per heavy atom. The fourth-order valence-corrected chi connectivity index (χ4v) is 2.79. The van der Waals surface area contributed by atoms with Gasteiger partial charge in [-0.05, 0) is 12.5 Å². The monoisotopic (exact) mass is 396 g/mol. The predicted octanol–water partition coefficient (Wildman–Crippen LogP) is 4.61. The summed E-state index contributed by atoms with van der Waals surface area (Å²) in [6.07, 6.45) is -5.35. The molecule has 0 spiro atoms. The van der Waals surface area contributed by atoms with Gasteiger partial charge in [0.1, 0.15) is 5.82 Å². The van der Waals surface area contributed by atoms with Crippen molar-refractivity contribution in [2.24, 2.45) is 0 Å². The summed E-state index contributed by atoms with van der Waals surface area (Å²) in [5.41, 5.74) is 0.244. The molecule has 0 amide bonds. The van der Waals surface area contributed by atoms with E-state index in [-0.39, 0.29) is 41.8 Å². The molecule has 1 saturated heterocycles. The van der Waals surface area contributed by atoms with Crippen LogP contribution < -0.4 is 5.32 Å². The van der Waals surface area contributed by atoms with Crippen LogP contribution in [0.1, 0.15) is 24.4 Å². The van der Waals surface area contributed by atoms with E-state index in [1.54, 1.807) is 6.07 Å². The SMILES string of the molecule is Cl.Cl.Fc1c(Cl)cccc1[C@H](CCC(F)(F)F)N1CCNCC1. The van der Waals surface area contributed by atoms with Gasteiger partial charge in [-0.15, -0.1) is 24.8 Å². The minimum Gasteiger partial charge on any atom is -0.314 e. The standard InChI is InChI=1S/C14H17ClF4N2.2ClH/c15-11-3-1-2-10(13(11)16)12(4-5-14(17,18)19)21-8-6-20-7-9-21;;/h1-3,12,20H,4-9H2;2*1H/t12-;;/m0../s1. The number of piperazine rings is 1. The molecule has 1 aliphatic rings. The van der Waals surface area contributed by atoms with E-state index in [4.69, 9.17) is 11.6 Å². The fraction of sp³-hybridized carbons (Fsp3) is 0.571. The Kier molecular flexibility index (Phi) is 9.77. The number of hydrogen-bond acceptors (Lipinski definition) is 2. The zero-order valence-corrected chi connectivity index (χ0v) is 14.6. The average molecular weight is 398 g/mol. The third-order valence-corrected chi connectivity index (χ3v) is 3.93. The van der Waals surface area contributed by atoms with Crippen molar-refractivity contribution in [1.29, 1.82) is 0 Å². The Labute approximate surface area is 150 Å². The maximum Gasteiger partial charge on any atom is 0.389 e. The predicted molar refractivity (Wildman–Crippen MR) is 88.4 cm³/mol. The second-order valence-corrected chi connectivity index (χ2v) is 5.51. The number of halogens is 7. The smallest absolute Gasteiger partial charge is 0.314 e. The highest BCUT2D eigenvalue weighted by molar-refractivity contribution is 6.30. The highest BCUT2D eigenvalue weighted by Crippen LogP contribution is 2.34. The van der Waals surface area contributed by atoms with Crippen molar-refractivity contribution in [2.75, 3.05) is 26.2 Å². The van der Waals surface area contributed by atoms with Crippen LogP contribution in [0.5, 0.6) is 0 Å². The van der Waals surface area contributed by atoms with Gasteiger partial charge in [0.05, 0.1) is 5.02 Å². The van der Waals surface area contributed by atoms with Gasteiger partial charge in [-0.25, -0.2) is 4.39 Å². The van der Waals surface area contributed by atoms with E-state index >= 15 is 0 Å². The quantitative estimate of drug-likeness (QED) is 0.746. The highest BCUT2D eigenvalue weighted by Gasteiger charge is 2.32. The second kappa shape index (κ2) is 9.89. The first-order valence-electron chi connectivity index (χ1n) is 6.84. The van der Waals surface area contributed by atoms with Gasteiger partial charge >= 0.3 is 6.18 Å². The van der Waals surface area contributed by atoms with Gasteiger partial charge < -0.3 is 5.32 Å². The van der Waals surface area contributed by atoms with Crippen molar-refractivity contribution >= 4 is 36.4 Å². The zero-order chi connectivity index (χ0) is 15.5. The van der Waals surface area contributed by atoms with Gasteiger partial charge in [0.2, 0.25) is 0 Å². The Balaban J connectivity index is 0.00000242. The minimum atomic E-state index is -4.25. The number of nitrogens with zero attached hydrogens (tertiary/aromatic N) is 1. The van der Waals surface area contributed by atoms with Crippen LogP contribution in [0.3, 0.4) is 0 Å². The molecule has 1 aromatic rings. The van der Waals surface area contributed by atoms with E-state index in [0.717, 1.165) is 0 Å². The summed E-state index contributed by atoms with van der Waals surface area (Å²) in [6.45, 7) is 2.55. The normalized spacial score (nSPS) is 17.1. The highest BCUT2D eigenvalue weighted by atomic mass is 35.5. The third-order valence-electron chi connectivity index (χ3n) is 3.63. The van der Waals surface area contributed by atoms with Crippen LogP contribution in [0.25, 0.3) is 0 Å². The first-order chi connectivity index (χ1) is 9.88. The number of benzene rings is 1. The van der Waals surface area contributed by atoms with E-state index < -0.39 is 24.5 Å². The molecule has 1 aromatic carbocycles. The molecule has 0 bridgehead atoms. The van der Waals surface area contributed by atoms with Gasteiger partial charge in [-0.2, -0.15) is 13.2 Å².